The molecule has 0 aliphatic carbocycles. The van der Waals surface area contributed by atoms with Gasteiger partial charge in [-0.15, -0.1) is 0 Å². The van der Waals surface area contributed by atoms with Gasteiger partial charge in [0.15, 0.2) is 5.11 Å². The molecule has 33 heavy (non-hydrogen) atoms. The minimum absolute atomic E-state index is 0.0347. The number of non-ortho nitro benzene ring substituents is 1. The summed E-state index contributed by atoms with van der Waals surface area (Å²) < 4.78 is 7.25. The number of aromatic nitrogens is 1. The Kier molecular flexibility index (Phi) is 5.65. The summed E-state index contributed by atoms with van der Waals surface area (Å²) >= 11 is 9.20. The fraction of sp³-hybridized carbons (Fsp3) is 0.0833. The minimum Gasteiger partial charge on any atom is -0.459 e. The van der Waals surface area contributed by atoms with Crippen LogP contribution in [0.15, 0.2) is 93.9 Å². The SMILES string of the molecule is O=[N+]([O-])c1ccc(-c2ccc([C@@H]3[C@@H](c4ccccn4)NC(=S)N3c3ccc(Br)cc3)o2)cc1. The van der Waals surface area contributed by atoms with Crippen LogP contribution in [-0.4, -0.2) is 15.0 Å². The van der Waals surface area contributed by atoms with Crippen molar-refractivity contribution in [1.82, 2.24) is 10.3 Å². The summed E-state index contributed by atoms with van der Waals surface area (Å²) in [5.41, 5.74) is 2.56. The van der Waals surface area contributed by atoms with Crippen molar-refractivity contribution in [3.63, 3.8) is 0 Å². The molecule has 0 bridgehead atoms. The molecule has 164 valence electrons. The second-order valence-corrected chi connectivity index (χ2v) is 8.78. The van der Waals surface area contributed by atoms with Crippen molar-refractivity contribution < 1.29 is 9.34 Å². The number of nitro groups is 1. The average molecular weight is 521 g/mol. The Balaban J connectivity index is 1.56. The molecule has 7 nitrogen and oxygen atoms in total. The van der Waals surface area contributed by atoms with Gasteiger partial charge in [-0.2, -0.15) is 0 Å². The van der Waals surface area contributed by atoms with E-state index in [4.69, 9.17) is 16.6 Å². The number of hydrogen-bond donors (Lipinski definition) is 1. The van der Waals surface area contributed by atoms with Gasteiger partial charge >= 0.3 is 0 Å². The Morgan fingerprint density at radius 3 is 2.45 bits per heavy atom. The first-order valence-corrected chi connectivity index (χ1v) is 11.3. The van der Waals surface area contributed by atoms with E-state index in [0.29, 0.717) is 16.6 Å². The summed E-state index contributed by atoms with van der Waals surface area (Å²) in [6.07, 6.45) is 1.75. The summed E-state index contributed by atoms with van der Waals surface area (Å²) in [5, 5.41) is 14.9. The summed E-state index contributed by atoms with van der Waals surface area (Å²) in [7, 11) is 0. The molecule has 1 fully saturated rings. The van der Waals surface area contributed by atoms with Gasteiger partial charge in [0, 0.05) is 34.1 Å². The number of nitrogens with one attached hydrogen (secondary N) is 1. The lowest BCUT2D eigenvalue weighted by Crippen LogP contribution is -2.29. The predicted molar refractivity (Wildman–Crippen MR) is 133 cm³/mol. The number of hydrogen-bond acceptors (Lipinski definition) is 5. The number of thiocarbonyl (C=S) groups is 1. The lowest BCUT2D eigenvalue weighted by atomic mass is 10.0. The maximum absolute atomic E-state index is 11.0. The Labute approximate surface area is 203 Å². The zero-order valence-electron chi connectivity index (χ0n) is 17.1. The van der Waals surface area contributed by atoms with Crippen molar-refractivity contribution >= 4 is 44.6 Å². The maximum Gasteiger partial charge on any atom is 0.269 e. The molecule has 2 aromatic heterocycles. The van der Waals surface area contributed by atoms with E-state index in [1.165, 1.54) is 12.1 Å². The molecule has 2 aromatic carbocycles. The van der Waals surface area contributed by atoms with Gasteiger partial charge in [-0.05, 0) is 72.9 Å². The van der Waals surface area contributed by atoms with E-state index in [2.05, 4.69) is 26.2 Å². The number of furan rings is 1. The first kappa shape index (κ1) is 21.3. The zero-order valence-corrected chi connectivity index (χ0v) is 19.5. The van der Waals surface area contributed by atoms with E-state index < -0.39 is 4.92 Å². The molecule has 1 saturated heterocycles. The first-order valence-electron chi connectivity index (χ1n) is 10.1. The molecule has 1 aliphatic heterocycles. The van der Waals surface area contributed by atoms with Crippen molar-refractivity contribution in [2.45, 2.75) is 12.1 Å². The van der Waals surface area contributed by atoms with Gasteiger partial charge in [-0.1, -0.05) is 22.0 Å². The number of anilines is 1. The van der Waals surface area contributed by atoms with Gasteiger partial charge in [0.1, 0.15) is 17.6 Å². The molecule has 1 N–H and O–H groups in total. The van der Waals surface area contributed by atoms with Crippen LogP contribution in [0.4, 0.5) is 11.4 Å². The number of benzene rings is 2. The van der Waals surface area contributed by atoms with Crippen LogP contribution in [0.2, 0.25) is 0 Å². The average Bonchev–Trinajstić information content (AvgIpc) is 3.45. The fourth-order valence-electron chi connectivity index (χ4n) is 3.94. The van der Waals surface area contributed by atoms with Crippen LogP contribution in [-0.2, 0) is 0 Å². The quantitative estimate of drug-likeness (QED) is 0.191. The molecule has 9 heteroatoms. The molecular weight excluding hydrogens is 504 g/mol. The standard InChI is InChI=1S/C24H17BrN4O3S/c25-16-6-10-17(11-7-16)28-23(22(27-24(28)33)19-3-1-2-14-26-19)21-13-12-20(32-21)15-4-8-18(9-5-15)29(30)31/h1-14,22-23H,(H,27,33)/t22-,23-/m1/s1. The molecule has 0 amide bonds. The second kappa shape index (κ2) is 8.76. The zero-order chi connectivity index (χ0) is 22.9. The van der Waals surface area contributed by atoms with Gasteiger partial charge in [0.05, 0.1) is 16.7 Å². The summed E-state index contributed by atoms with van der Waals surface area (Å²) in [6, 6.07) is 23.3. The fourth-order valence-corrected chi connectivity index (χ4v) is 4.55. The Hall–Kier alpha value is -3.56. The van der Waals surface area contributed by atoms with Crippen LogP contribution in [0.25, 0.3) is 11.3 Å². The monoisotopic (exact) mass is 520 g/mol. The number of pyridine rings is 1. The van der Waals surface area contributed by atoms with Crippen LogP contribution < -0.4 is 10.2 Å². The highest BCUT2D eigenvalue weighted by atomic mass is 79.9. The Morgan fingerprint density at radius 2 is 1.79 bits per heavy atom. The summed E-state index contributed by atoms with van der Waals surface area (Å²) in [5.74, 6) is 1.32. The van der Waals surface area contributed by atoms with Gasteiger partial charge in [-0.25, -0.2) is 0 Å². The van der Waals surface area contributed by atoms with E-state index in [1.807, 2.05) is 59.5 Å². The number of rotatable bonds is 5. The highest BCUT2D eigenvalue weighted by Gasteiger charge is 2.42. The topological polar surface area (TPSA) is 84.4 Å². The van der Waals surface area contributed by atoms with E-state index in [1.54, 1.807) is 18.3 Å². The molecule has 0 spiro atoms. The number of halogens is 1. The van der Waals surface area contributed by atoms with Gasteiger partial charge < -0.3 is 14.6 Å². The molecule has 1 aliphatic rings. The molecular formula is C24H17BrN4O3S. The van der Waals surface area contributed by atoms with Gasteiger partial charge in [0.25, 0.3) is 5.69 Å². The smallest absolute Gasteiger partial charge is 0.269 e. The van der Waals surface area contributed by atoms with Crippen LogP contribution >= 0.6 is 28.1 Å². The second-order valence-electron chi connectivity index (χ2n) is 7.48. The number of nitrogens with zero attached hydrogens (tertiary/aromatic N) is 3. The molecule has 3 heterocycles. The molecule has 0 radical (unpaired) electrons. The third-order valence-electron chi connectivity index (χ3n) is 5.48. The minimum atomic E-state index is -0.421. The molecule has 2 atom stereocenters. The van der Waals surface area contributed by atoms with Crippen molar-refractivity contribution in [2.75, 3.05) is 4.90 Å². The normalized spacial score (nSPS) is 17.7. The Bertz CT molecular complexity index is 1310. The van der Waals surface area contributed by atoms with Crippen LogP contribution in [0.1, 0.15) is 23.5 Å². The van der Waals surface area contributed by atoms with Crippen LogP contribution in [0.3, 0.4) is 0 Å². The van der Waals surface area contributed by atoms with E-state index >= 15 is 0 Å². The third kappa shape index (κ3) is 4.12. The predicted octanol–water partition coefficient (Wildman–Crippen LogP) is 6.19. The van der Waals surface area contributed by atoms with Crippen LogP contribution in [0, 0.1) is 10.1 Å². The highest BCUT2D eigenvalue weighted by molar-refractivity contribution is 9.10. The third-order valence-corrected chi connectivity index (χ3v) is 6.33. The summed E-state index contributed by atoms with van der Waals surface area (Å²) in [6.45, 7) is 0. The van der Waals surface area contributed by atoms with Crippen LogP contribution in [0.5, 0.6) is 0 Å². The van der Waals surface area contributed by atoms with Crippen molar-refractivity contribution in [3.8, 4) is 11.3 Å². The lowest BCUT2D eigenvalue weighted by Gasteiger charge is -2.26. The van der Waals surface area contributed by atoms with Gasteiger partial charge in [0.2, 0.25) is 0 Å². The van der Waals surface area contributed by atoms with E-state index in [-0.39, 0.29) is 17.8 Å². The molecule has 0 saturated carbocycles. The molecule has 0 unspecified atom stereocenters. The number of nitro benzene ring substituents is 1. The van der Waals surface area contributed by atoms with Crippen molar-refractivity contribution in [1.29, 1.82) is 0 Å². The largest absolute Gasteiger partial charge is 0.459 e. The van der Waals surface area contributed by atoms with E-state index in [0.717, 1.165) is 21.4 Å². The maximum atomic E-state index is 11.0. The molecule has 4 aromatic rings. The lowest BCUT2D eigenvalue weighted by molar-refractivity contribution is -0.384. The van der Waals surface area contributed by atoms with Gasteiger partial charge in [-0.3, -0.25) is 15.1 Å². The van der Waals surface area contributed by atoms with Crippen molar-refractivity contribution in [2.24, 2.45) is 0 Å². The van der Waals surface area contributed by atoms with E-state index in [9.17, 15) is 10.1 Å². The summed E-state index contributed by atoms with van der Waals surface area (Å²) in [4.78, 5) is 17.1. The first-order chi connectivity index (χ1) is 16.0. The van der Waals surface area contributed by atoms with Crippen molar-refractivity contribution in [3.05, 3.63) is 111 Å². The Morgan fingerprint density at radius 1 is 1.03 bits per heavy atom. The highest BCUT2D eigenvalue weighted by Crippen LogP contribution is 2.43. The molecule has 5 rings (SSSR count).